The third kappa shape index (κ3) is 3.02. The lowest BCUT2D eigenvalue weighted by molar-refractivity contribution is -0.117. The highest BCUT2D eigenvalue weighted by Crippen LogP contribution is 2.09. The smallest absolute Gasteiger partial charge is 0.272 e. The fraction of sp³-hybridized carbons (Fsp3) is 0.222. The molecule has 1 aromatic heterocycles. The van der Waals surface area contributed by atoms with E-state index in [2.05, 4.69) is 20.9 Å². The van der Waals surface area contributed by atoms with Gasteiger partial charge in [0.1, 0.15) is 11.5 Å². The molecule has 0 saturated carbocycles. The average Bonchev–Trinajstić information content (AvgIpc) is 2.14. The van der Waals surface area contributed by atoms with Crippen LogP contribution in [-0.4, -0.2) is 23.7 Å². The Kier molecular flexibility index (Phi) is 3.79. The molecule has 0 aliphatic rings. The maximum absolute atomic E-state index is 11.4. The normalized spacial score (nSPS) is 9.73. The van der Waals surface area contributed by atoms with E-state index in [0.717, 1.165) is 4.90 Å². The van der Waals surface area contributed by atoms with Gasteiger partial charge in [0, 0.05) is 0 Å². The van der Waals surface area contributed by atoms with Crippen LogP contribution in [0.25, 0.3) is 0 Å². The van der Waals surface area contributed by atoms with Crippen LogP contribution in [0.15, 0.2) is 21.5 Å². The Bertz CT molecular complexity index is 441. The van der Waals surface area contributed by atoms with E-state index in [1.54, 1.807) is 6.07 Å². The van der Waals surface area contributed by atoms with E-state index in [-0.39, 0.29) is 18.0 Å². The molecule has 0 aliphatic carbocycles. The standard InChI is InChI=1S/C9H9BrN2O3/c1-6(14)4-12(5-13)7-2-3-8(10)11-9(7)15/h2-3,5H,4H2,1H3,(H,11,15). The molecule has 0 saturated heterocycles. The molecule has 0 unspecified atom stereocenters. The van der Waals surface area contributed by atoms with Crippen molar-refractivity contribution in [2.75, 3.05) is 11.4 Å². The number of halogens is 1. The highest BCUT2D eigenvalue weighted by molar-refractivity contribution is 9.10. The van der Waals surface area contributed by atoms with Crippen molar-refractivity contribution in [3.63, 3.8) is 0 Å². The van der Waals surface area contributed by atoms with Gasteiger partial charge in [-0.05, 0) is 35.0 Å². The van der Waals surface area contributed by atoms with Gasteiger partial charge in [-0.2, -0.15) is 0 Å². The van der Waals surface area contributed by atoms with E-state index in [4.69, 9.17) is 0 Å². The van der Waals surface area contributed by atoms with Crippen molar-refractivity contribution in [1.82, 2.24) is 4.98 Å². The van der Waals surface area contributed by atoms with Crippen LogP contribution >= 0.6 is 15.9 Å². The molecule has 15 heavy (non-hydrogen) atoms. The number of pyridine rings is 1. The van der Waals surface area contributed by atoms with Gasteiger partial charge in [0.15, 0.2) is 0 Å². The van der Waals surface area contributed by atoms with Gasteiger partial charge >= 0.3 is 0 Å². The molecular formula is C9H9BrN2O3. The zero-order valence-corrected chi connectivity index (χ0v) is 9.58. The second-order valence-electron chi connectivity index (χ2n) is 2.96. The third-order valence-corrected chi connectivity index (χ3v) is 2.15. The molecular weight excluding hydrogens is 264 g/mol. The summed E-state index contributed by atoms with van der Waals surface area (Å²) in [6.07, 6.45) is 0.458. The summed E-state index contributed by atoms with van der Waals surface area (Å²) < 4.78 is 0.518. The fourth-order valence-electron chi connectivity index (χ4n) is 1.09. The van der Waals surface area contributed by atoms with E-state index >= 15 is 0 Å². The lowest BCUT2D eigenvalue weighted by Crippen LogP contribution is -2.31. The quantitative estimate of drug-likeness (QED) is 0.648. The summed E-state index contributed by atoms with van der Waals surface area (Å²) in [5, 5.41) is 0. The number of amides is 1. The number of carbonyl (C=O) groups excluding carboxylic acids is 2. The molecule has 1 aromatic rings. The highest BCUT2D eigenvalue weighted by atomic mass is 79.9. The number of hydrogen-bond donors (Lipinski definition) is 1. The number of nitrogens with one attached hydrogen (secondary N) is 1. The van der Waals surface area contributed by atoms with Crippen molar-refractivity contribution in [3.05, 3.63) is 27.1 Å². The van der Waals surface area contributed by atoms with Gasteiger partial charge in [-0.1, -0.05) is 0 Å². The minimum atomic E-state index is -0.419. The number of Topliss-reactive ketones (excluding diaryl/α,β-unsaturated/α-hetero) is 1. The van der Waals surface area contributed by atoms with Crippen LogP contribution in [0.1, 0.15) is 6.92 Å². The molecule has 80 valence electrons. The monoisotopic (exact) mass is 272 g/mol. The molecule has 0 bridgehead atoms. The van der Waals surface area contributed by atoms with Crippen LogP contribution in [0.2, 0.25) is 0 Å². The van der Waals surface area contributed by atoms with Crippen LogP contribution in [0.5, 0.6) is 0 Å². The van der Waals surface area contributed by atoms with E-state index < -0.39 is 5.56 Å². The van der Waals surface area contributed by atoms with Crippen molar-refractivity contribution >= 4 is 33.8 Å². The summed E-state index contributed by atoms with van der Waals surface area (Å²) in [4.78, 5) is 36.5. The van der Waals surface area contributed by atoms with Gasteiger partial charge in [-0.25, -0.2) is 0 Å². The van der Waals surface area contributed by atoms with Crippen molar-refractivity contribution < 1.29 is 9.59 Å². The van der Waals surface area contributed by atoms with Crippen LogP contribution in [0.3, 0.4) is 0 Å². The number of anilines is 1. The van der Waals surface area contributed by atoms with Gasteiger partial charge in [0.25, 0.3) is 5.56 Å². The summed E-state index contributed by atoms with van der Waals surface area (Å²) in [6, 6.07) is 3.06. The Morgan fingerprint density at radius 1 is 1.60 bits per heavy atom. The highest BCUT2D eigenvalue weighted by Gasteiger charge is 2.11. The summed E-state index contributed by atoms with van der Waals surface area (Å²) in [5.74, 6) is -0.190. The largest absolute Gasteiger partial charge is 0.315 e. The number of carbonyl (C=O) groups is 2. The first-order valence-corrected chi connectivity index (χ1v) is 4.94. The van der Waals surface area contributed by atoms with Crippen LogP contribution in [-0.2, 0) is 9.59 Å². The molecule has 5 nitrogen and oxygen atoms in total. The fourth-order valence-corrected chi connectivity index (χ4v) is 1.40. The summed E-state index contributed by atoms with van der Waals surface area (Å²) in [7, 11) is 0. The number of aromatic nitrogens is 1. The Morgan fingerprint density at radius 2 is 2.27 bits per heavy atom. The van der Waals surface area contributed by atoms with Crippen molar-refractivity contribution in [2.24, 2.45) is 0 Å². The second kappa shape index (κ2) is 4.88. The summed E-state index contributed by atoms with van der Waals surface area (Å²) in [5.41, 5.74) is -0.263. The van der Waals surface area contributed by atoms with Gasteiger partial charge in [0.2, 0.25) is 6.41 Å². The SMILES string of the molecule is CC(=O)CN(C=O)c1ccc(Br)[nH]c1=O. The number of rotatable bonds is 4. The molecule has 1 amide bonds. The zero-order valence-electron chi connectivity index (χ0n) is 7.99. The third-order valence-electron chi connectivity index (χ3n) is 1.68. The second-order valence-corrected chi connectivity index (χ2v) is 3.81. The van der Waals surface area contributed by atoms with Crippen molar-refractivity contribution in [1.29, 1.82) is 0 Å². The molecule has 1 heterocycles. The molecule has 1 N–H and O–H groups in total. The van der Waals surface area contributed by atoms with E-state index in [9.17, 15) is 14.4 Å². The maximum atomic E-state index is 11.4. The zero-order chi connectivity index (χ0) is 11.4. The number of aromatic amines is 1. The van der Waals surface area contributed by atoms with E-state index in [1.165, 1.54) is 13.0 Å². The van der Waals surface area contributed by atoms with Gasteiger partial charge < -0.3 is 9.88 Å². The first kappa shape index (κ1) is 11.6. The lowest BCUT2D eigenvalue weighted by atomic mass is 10.3. The van der Waals surface area contributed by atoms with Gasteiger partial charge in [-0.3, -0.25) is 14.4 Å². The van der Waals surface area contributed by atoms with Gasteiger partial charge in [-0.15, -0.1) is 0 Å². The minimum absolute atomic E-state index is 0.103. The average molecular weight is 273 g/mol. The van der Waals surface area contributed by atoms with E-state index in [0.29, 0.717) is 11.0 Å². The van der Waals surface area contributed by atoms with Crippen LogP contribution in [0.4, 0.5) is 5.69 Å². The Hall–Kier alpha value is -1.43. The van der Waals surface area contributed by atoms with E-state index in [1.807, 2.05) is 0 Å². The minimum Gasteiger partial charge on any atom is -0.315 e. The molecule has 0 radical (unpaired) electrons. The lowest BCUT2D eigenvalue weighted by Gasteiger charge is -2.14. The van der Waals surface area contributed by atoms with Crippen LogP contribution < -0.4 is 10.5 Å². The Morgan fingerprint density at radius 3 is 2.73 bits per heavy atom. The van der Waals surface area contributed by atoms with Crippen molar-refractivity contribution in [2.45, 2.75) is 6.92 Å². The molecule has 0 spiro atoms. The molecule has 1 rings (SSSR count). The molecule has 0 aliphatic heterocycles. The number of ketones is 1. The molecule has 0 fully saturated rings. The first-order chi connectivity index (χ1) is 7.04. The summed E-state index contributed by atoms with van der Waals surface area (Å²) >= 11 is 3.09. The first-order valence-electron chi connectivity index (χ1n) is 4.15. The topological polar surface area (TPSA) is 70.2 Å². The number of H-pyrrole nitrogens is 1. The molecule has 6 heteroatoms. The predicted octanol–water partition coefficient (Wildman–Crippen LogP) is 0.689. The van der Waals surface area contributed by atoms with Gasteiger partial charge in [0.05, 0.1) is 11.1 Å². The predicted molar refractivity (Wildman–Crippen MR) is 58.9 cm³/mol. The van der Waals surface area contributed by atoms with Crippen molar-refractivity contribution in [3.8, 4) is 0 Å². The Labute approximate surface area is 94.2 Å². The number of nitrogens with zero attached hydrogens (tertiary/aromatic N) is 1. The van der Waals surface area contributed by atoms with Crippen LogP contribution in [0, 0.1) is 0 Å². The Balaban J connectivity index is 3.07. The maximum Gasteiger partial charge on any atom is 0.272 e. The summed E-state index contributed by atoms with van der Waals surface area (Å²) in [6.45, 7) is 1.25. The molecule has 0 aromatic carbocycles. The molecule has 0 atom stereocenters. The number of hydrogen-bond acceptors (Lipinski definition) is 3.